The molecule has 22 heavy (non-hydrogen) atoms. The van der Waals surface area contributed by atoms with Gasteiger partial charge in [0.25, 0.3) is 0 Å². The number of amides is 1. The Morgan fingerprint density at radius 3 is 2.68 bits per heavy atom. The van der Waals surface area contributed by atoms with Crippen LogP contribution < -0.4 is 5.32 Å². The first-order chi connectivity index (χ1) is 10.7. The number of rotatable bonds is 5. The summed E-state index contributed by atoms with van der Waals surface area (Å²) in [6.45, 7) is 2.41. The van der Waals surface area contributed by atoms with Crippen LogP contribution in [-0.4, -0.2) is 16.1 Å². The van der Waals surface area contributed by atoms with E-state index in [4.69, 9.17) is 0 Å². The predicted octanol–water partition coefficient (Wildman–Crippen LogP) is 4.09. The third kappa shape index (κ3) is 3.67. The molecule has 1 amide bonds. The lowest BCUT2D eigenvalue weighted by molar-refractivity contribution is -0.120. The first-order valence-corrected chi connectivity index (χ1v) is 8.76. The number of carbonyl (C=O) groups excluding carboxylic acids is 1. The largest absolute Gasteiger partial charge is 0.349 e. The van der Waals surface area contributed by atoms with E-state index in [1.165, 1.54) is 0 Å². The molecule has 0 saturated heterocycles. The van der Waals surface area contributed by atoms with Gasteiger partial charge in [0.15, 0.2) is 0 Å². The number of nitrogens with one attached hydrogen (secondary N) is 1. The van der Waals surface area contributed by atoms with E-state index in [2.05, 4.69) is 10.3 Å². The highest BCUT2D eigenvalue weighted by Crippen LogP contribution is 2.24. The number of thioether (sulfide) groups is 1. The number of nitrogens with zero attached hydrogens (tertiary/aromatic N) is 1. The highest BCUT2D eigenvalue weighted by Gasteiger charge is 2.14. The maximum absolute atomic E-state index is 12.2. The average Bonchev–Trinajstić information content (AvgIpc) is 2.96. The number of benzene rings is 2. The highest BCUT2D eigenvalue weighted by atomic mass is 32.2. The Morgan fingerprint density at radius 1 is 1.18 bits per heavy atom. The number of carbonyl (C=O) groups is 1. The Morgan fingerprint density at radius 2 is 1.91 bits per heavy atom. The van der Waals surface area contributed by atoms with Crippen molar-refractivity contribution in [2.45, 2.75) is 23.6 Å². The molecule has 2 aromatic carbocycles. The monoisotopic (exact) mass is 328 g/mol. The second kappa shape index (κ2) is 6.94. The van der Waals surface area contributed by atoms with Gasteiger partial charge < -0.3 is 5.32 Å². The predicted molar refractivity (Wildman–Crippen MR) is 93.2 cm³/mol. The summed E-state index contributed by atoms with van der Waals surface area (Å²) in [7, 11) is 0. The summed E-state index contributed by atoms with van der Waals surface area (Å²) in [4.78, 5) is 17.8. The fourth-order valence-electron chi connectivity index (χ4n) is 2.06. The summed E-state index contributed by atoms with van der Waals surface area (Å²) in [5.74, 6) is 0.0353. The van der Waals surface area contributed by atoms with Crippen molar-refractivity contribution in [1.82, 2.24) is 10.3 Å². The molecule has 1 atom stereocenters. The molecular formula is C17H16N2OS2. The van der Waals surface area contributed by atoms with E-state index in [1.807, 2.05) is 61.5 Å². The molecule has 0 aliphatic rings. The van der Waals surface area contributed by atoms with E-state index in [0.29, 0.717) is 6.54 Å². The smallest absolute Gasteiger partial charge is 0.233 e. The molecule has 3 nitrogen and oxygen atoms in total. The number of thiazole rings is 1. The molecule has 1 unspecified atom stereocenters. The Kier molecular flexibility index (Phi) is 4.75. The quantitative estimate of drug-likeness (QED) is 0.717. The zero-order valence-corrected chi connectivity index (χ0v) is 13.8. The second-order valence-corrected chi connectivity index (χ2v) is 7.40. The number of hydrogen-bond acceptors (Lipinski definition) is 4. The van der Waals surface area contributed by atoms with Crippen LogP contribution in [0.5, 0.6) is 0 Å². The lowest BCUT2D eigenvalue weighted by Gasteiger charge is -2.11. The van der Waals surface area contributed by atoms with Gasteiger partial charge in [0.2, 0.25) is 5.91 Å². The lowest BCUT2D eigenvalue weighted by Crippen LogP contribution is -2.30. The van der Waals surface area contributed by atoms with Crippen molar-refractivity contribution in [2.24, 2.45) is 0 Å². The van der Waals surface area contributed by atoms with E-state index in [-0.39, 0.29) is 11.2 Å². The normalized spacial score (nSPS) is 12.2. The fraction of sp³-hybridized carbons (Fsp3) is 0.176. The van der Waals surface area contributed by atoms with Crippen molar-refractivity contribution in [3.8, 4) is 0 Å². The molecule has 1 aromatic heterocycles. The molecule has 0 spiro atoms. The first kappa shape index (κ1) is 15.1. The first-order valence-electron chi connectivity index (χ1n) is 7.06. The Balaban J connectivity index is 1.57. The highest BCUT2D eigenvalue weighted by molar-refractivity contribution is 8.00. The number of aromatic nitrogens is 1. The lowest BCUT2D eigenvalue weighted by atomic mass is 10.3. The van der Waals surface area contributed by atoms with Crippen LogP contribution >= 0.6 is 23.1 Å². The van der Waals surface area contributed by atoms with Crippen molar-refractivity contribution < 1.29 is 4.79 Å². The van der Waals surface area contributed by atoms with E-state index >= 15 is 0 Å². The van der Waals surface area contributed by atoms with E-state index in [0.717, 1.165) is 20.1 Å². The van der Waals surface area contributed by atoms with Crippen LogP contribution in [0.3, 0.4) is 0 Å². The Labute approximate surface area is 137 Å². The minimum atomic E-state index is -0.128. The zero-order valence-electron chi connectivity index (χ0n) is 12.2. The average molecular weight is 328 g/mol. The van der Waals surface area contributed by atoms with Gasteiger partial charge in [0.1, 0.15) is 5.01 Å². The van der Waals surface area contributed by atoms with E-state index < -0.39 is 0 Å². The van der Waals surface area contributed by atoms with Crippen LogP contribution in [-0.2, 0) is 11.3 Å². The topological polar surface area (TPSA) is 42.0 Å². The molecule has 1 N–H and O–H groups in total. The van der Waals surface area contributed by atoms with Gasteiger partial charge in [-0.15, -0.1) is 23.1 Å². The van der Waals surface area contributed by atoms with Crippen LogP contribution in [0.1, 0.15) is 11.9 Å². The van der Waals surface area contributed by atoms with Crippen molar-refractivity contribution in [3.63, 3.8) is 0 Å². The van der Waals surface area contributed by atoms with E-state index in [1.54, 1.807) is 23.1 Å². The van der Waals surface area contributed by atoms with Gasteiger partial charge in [-0.3, -0.25) is 4.79 Å². The summed E-state index contributed by atoms with van der Waals surface area (Å²) in [5.41, 5.74) is 0.989. The van der Waals surface area contributed by atoms with Gasteiger partial charge in [-0.2, -0.15) is 0 Å². The van der Waals surface area contributed by atoms with E-state index in [9.17, 15) is 4.79 Å². The maximum Gasteiger partial charge on any atom is 0.233 e. The van der Waals surface area contributed by atoms with Crippen LogP contribution in [0.2, 0.25) is 0 Å². The summed E-state index contributed by atoms with van der Waals surface area (Å²) in [6.07, 6.45) is 0. The van der Waals surface area contributed by atoms with Gasteiger partial charge >= 0.3 is 0 Å². The van der Waals surface area contributed by atoms with Crippen LogP contribution in [0.15, 0.2) is 59.5 Å². The van der Waals surface area contributed by atoms with Crippen LogP contribution in [0, 0.1) is 0 Å². The molecule has 0 saturated carbocycles. The molecule has 112 valence electrons. The summed E-state index contributed by atoms with van der Waals surface area (Å²) in [5, 5.41) is 3.78. The number of hydrogen-bond donors (Lipinski definition) is 1. The fourth-order valence-corrected chi connectivity index (χ4v) is 3.88. The molecule has 3 rings (SSSR count). The molecule has 1 heterocycles. The maximum atomic E-state index is 12.2. The Bertz CT molecular complexity index is 737. The molecule has 0 bridgehead atoms. The molecule has 0 fully saturated rings. The van der Waals surface area contributed by atoms with Gasteiger partial charge in [-0.25, -0.2) is 4.98 Å². The van der Waals surface area contributed by atoms with Crippen molar-refractivity contribution >= 4 is 39.2 Å². The molecule has 0 aliphatic heterocycles. The second-order valence-electron chi connectivity index (χ2n) is 4.87. The van der Waals surface area contributed by atoms with Crippen molar-refractivity contribution in [3.05, 3.63) is 59.6 Å². The summed E-state index contributed by atoms with van der Waals surface area (Å²) < 4.78 is 1.15. The zero-order chi connectivity index (χ0) is 15.4. The van der Waals surface area contributed by atoms with Gasteiger partial charge in [-0.1, -0.05) is 30.3 Å². The molecular weight excluding hydrogens is 312 g/mol. The minimum Gasteiger partial charge on any atom is -0.349 e. The number of para-hydroxylation sites is 1. The van der Waals surface area contributed by atoms with Crippen LogP contribution in [0.25, 0.3) is 10.2 Å². The SMILES string of the molecule is CC(Sc1ccccc1)C(=O)NCc1nc2ccccc2s1. The summed E-state index contributed by atoms with van der Waals surface area (Å²) >= 11 is 3.19. The third-order valence-electron chi connectivity index (χ3n) is 3.18. The van der Waals surface area contributed by atoms with Gasteiger partial charge in [0, 0.05) is 4.90 Å². The standard InChI is InChI=1S/C17H16N2OS2/c1-12(21-13-7-3-2-4-8-13)17(20)18-11-16-19-14-9-5-6-10-15(14)22-16/h2-10,12H,11H2,1H3,(H,18,20). The third-order valence-corrected chi connectivity index (χ3v) is 5.33. The number of fused-ring (bicyclic) bond motifs is 1. The molecule has 0 aliphatic carbocycles. The van der Waals surface area contributed by atoms with Crippen molar-refractivity contribution in [1.29, 1.82) is 0 Å². The van der Waals surface area contributed by atoms with Crippen LogP contribution in [0.4, 0.5) is 0 Å². The van der Waals surface area contributed by atoms with Gasteiger partial charge in [-0.05, 0) is 31.2 Å². The molecule has 5 heteroatoms. The molecule has 0 radical (unpaired) electrons. The van der Waals surface area contributed by atoms with Gasteiger partial charge in [0.05, 0.1) is 22.0 Å². The Hall–Kier alpha value is -1.85. The molecule has 3 aromatic rings. The van der Waals surface area contributed by atoms with Crippen molar-refractivity contribution in [2.75, 3.05) is 0 Å². The minimum absolute atomic E-state index is 0.0353. The summed E-state index contributed by atoms with van der Waals surface area (Å²) in [6, 6.07) is 18.0.